The van der Waals surface area contributed by atoms with Crippen molar-refractivity contribution in [2.24, 2.45) is 0 Å². The van der Waals surface area contributed by atoms with Crippen LogP contribution >= 0.6 is 12.2 Å². The molecule has 0 saturated carbocycles. The third-order valence-corrected chi connectivity index (χ3v) is 3.40. The van der Waals surface area contributed by atoms with Crippen molar-refractivity contribution in [3.63, 3.8) is 0 Å². The quantitative estimate of drug-likeness (QED) is 0.859. The van der Waals surface area contributed by atoms with Crippen LogP contribution in [0.25, 0.3) is 0 Å². The van der Waals surface area contributed by atoms with Gasteiger partial charge < -0.3 is 10.2 Å². The van der Waals surface area contributed by atoms with Gasteiger partial charge in [-0.2, -0.15) is 0 Å². The normalized spacial score (nSPS) is 9.95. The minimum Gasteiger partial charge on any atom is -0.362 e. The highest BCUT2D eigenvalue weighted by Crippen LogP contribution is 2.10. The summed E-state index contributed by atoms with van der Waals surface area (Å²) in [5.41, 5.74) is 2.42. The summed E-state index contributed by atoms with van der Waals surface area (Å²) in [6.45, 7) is 0.847. The van der Waals surface area contributed by atoms with E-state index in [1.807, 2.05) is 48.3 Å². The summed E-state index contributed by atoms with van der Waals surface area (Å²) in [7, 11) is 1.98. The van der Waals surface area contributed by atoms with E-state index in [4.69, 9.17) is 12.2 Å². The number of thiocarbonyl (C=S) groups is 1. The summed E-state index contributed by atoms with van der Waals surface area (Å²) in [4.78, 5) is 1.99. The van der Waals surface area contributed by atoms with Crippen molar-refractivity contribution in [2.45, 2.75) is 6.42 Å². The minimum absolute atomic E-state index is 0.752. The fourth-order valence-corrected chi connectivity index (χ4v) is 2.05. The van der Waals surface area contributed by atoms with E-state index in [9.17, 15) is 0 Å². The molecule has 2 aromatic carbocycles. The van der Waals surface area contributed by atoms with E-state index < -0.39 is 0 Å². The molecule has 3 heteroatoms. The largest absolute Gasteiger partial charge is 0.362 e. The molecular weight excluding hydrogens is 252 g/mol. The van der Waals surface area contributed by atoms with Gasteiger partial charge in [0.2, 0.25) is 0 Å². The Kier molecular flexibility index (Phi) is 4.93. The zero-order valence-electron chi connectivity index (χ0n) is 11.0. The molecule has 0 aliphatic rings. The van der Waals surface area contributed by atoms with Gasteiger partial charge in [-0.1, -0.05) is 48.5 Å². The molecule has 0 aliphatic heterocycles. The molecule has 0 radical (unpaired) electrons. The van der Waals surface area contributed by atoms with Crippen LogP contribution in [0.3, 0.4) is 0 Å². The van der Waals surface area contributed by atoms with Crippen molar-refractivity contribution < 1.29 is 0 Å². The number of rotatable bonds is 4. The first-order valence-electron chi connectivity index (χ1n) is 6.38. The number of para-hydroxylation sites is 1. The molecule has 0 fully saturated rings. The predicted molar refractivity (Wildman–Crippen MR) is 85.6 cm³/mol. The van der Waals surface area contributed by atoms with Gasteiger partial charge in [-0.05, 0) is 36.3 Å². The van der Waals surface area contributed by atoms with Crippen LogP contribution in [0.5, 0.6) is 0 Å². The SMILES string of the molecule is CN(C(=S)NCCc1ccccc1)c1ccccc1. The number of hydrogen-bond acceptors (Lipinski definition) is 1. The standard InChI is InChI=1S/C16H18N2S/c1-18(15-10-6-3-7-11-15)16(19)17-13-12-14-8-4-2-5-9-14/h2-11H,12-13H2,1H3,(H,17,19). The molecular formula is C16H18N2S. The molecule has 0 saturated heterocycles. The molecule has 2 nitrogen and oxygen atoms in total. The van der Waals surface area contributed by atoms with Crippen LogP contribution in [0.1, 0.15) is 5.56 Å². The Morgan fingerprint density at radius 3 is 2.21 bits per heavy atom. The minimum atomic E-state index is 0.752. The summed E-state index contributed by atoms with van der Waals surface area (Å²) in [6.07, 6.45) is 0.976. The monoisotopic (exact) mass is 270 g/mol. The number of benzene rings is 2. The van der Waals surface area contributed by atoms with Gasteiger partial charge in [0.1, 0.15) is 0 Å². The Labute approximate surface area is 120 Å². The van der Waals surface area contributed by atoms with Crippen LogP contribution in [0.15, 0.2) is 60.7 Å². The third kappa shape index (κ3) is 4.07. The van der Waals surface area contributed by atoms with Crippen LogP contribution in [0.2, 0.25) is 0 Å². The van der Waals surface area contributed by atoms with Gasteiger partial charge in [-0.15, -0.1) is 0 Å². The lowest BCUT2D eigenvalue weighted by molar-refractivity contribution is 0.862. The van der Waals surface area contributed by atoms with Crippen molar-refractivity contribution >= 4 is 23.0 Å². The Morgan fingerprint density at radius 2 is 1.58 bits per heavy atom. The van der Waals surface area contributed by atoms with Crippen LogP contribution in [-0.4, -0.2) is 18.7 Å². The van der Waals surface area contributed by atoms with Gasteiger partial charge in [0, 0.05) is 19.3 Å². The molecule has 0 aliphatic carbocycles. The molecule has 0 atom stereocenters. The molecule has 0 aromatic heterocycles. The van der Waals surface area contributed by atoms with Gasteiger partial charge in [-0.25, -0.2) is 0 Å². The van der Waals surface area contributed by atoms with Crippen molar-refractivity contribution in [1.29, 1.82) is 0 Å². The number of nitrogens with zero attached hydrogens (tertiary/aromatic N) is 1. The van der Waals surface area contributed by atoms with Crippen LogP contribution in [-0.2, 0) is 6.42 Å². The third-order valence-electron chi connectivity index (χ3n) is 2.98. The second-order valence-corrected chi connectivity index (χ2v) is 4.75. The lowest BCUT2D eigenvalue weighted by Gasteiger charge is -2.21. The van der Waals surface area contributed by atoms with Gasteiger partial charge in [-0.3, -0.25) is 0 Å². The summed E-state index contributed by atoms with van der Waals surface area (Å²) in [5, 5.41) is 4.04. The lowest BCUT2D eigenvalue weighted by Crippen LogP contribution is -2.38. The number of hydrogen-bond donors (Lipinski definition) is 1. The van der Waals surface area contributed by atoms with Crippen molar-refractivity contribution in [3.05, 3.63) is 66.2 Å². The topological polar surface area (TPSA) is 15.3 Å². The maximum absolute atomic E-state index is 5.39. The highest BCUT2D eigenvalue weighted by molar-refractivity contribution is 7.80. The fourth-order valence-electron chi connectivity index (χ4n) is 1.85. The van der Waals surface area contributed by atoms with Crippen LogP contribution < -0.4 is 10.2 Å². The van der Waals surface area contributed by atoms with E-state index in [0.717, 1.165) is 23.8 Å². The highest BCUT2D eigenvalue weighted by Gasteiger charge is 2.05. The first-order valence-corrected chi connectivity index (χ1v) is 6.79. The zero-order valence-corrected chi connectivity index (χ0v) is 11.9. The maximum atomic E-state index is 5.39. The van der Waals surface area contributed by atoms with E-state index in [1.54, 1.807) is 0 Å². The van der Waals surface area contributed by atoms with Gasteiger partial charge in [0.25, 0.3) is 0 Å². The predicted octanol–water partition coefficient (Wildman–Crippen LogP) is 3.24. The Balaban J connectivity index is 1.82. The second kappa shape index (κ2) is 6.90. The van der Waals surface area contributed by atoms with E-state index in [-0.39, 0.29) is 0 Å². The molecule has 0 unspecified atom stereocenters. The van der Waals surface area contributed by atoms with Gasteiger partial charge >= 0.3 is 0 Å². The Hall–Kier alpha value is -1.87. The van der Waals surface area contributed by atoms with E-state index in [2.05, 4.69) is 29.6 Å². The second-order valence-electron chi connectivity index (χ2n) is 4.36. The maximum Gasteiger partial charge on any atom is 0.173 e. The summed E-state index contributed by atoms with van der Waals surface area (Å²) in [6, 6.07) is 20.5. The molecule has 2 rings (SSSR count). The lowest BCUT2D eigenvalue weighted by atomic mass is 10.1. The number of anilines is 1. The molecule has 98 valence electrons. The molecule has 0 amide bonds. The molecule has 0 bridgehead atoms. The molecule has 1 N–H and O–H groups in total. The molecule has 19 heavy (non-hydrogen) atoms. The van der Waals surface area contributed by atoms with Crippen molar-refractivity contribution in [2.75, 3.05) is 18.5 Å². The Bertz CT molecular complexity index is 511. The number of nitrogens with one attached hydrogen (secondary N) is 1. The molecule has 0 spiro atoms. The molecule has 2 aromatic rings. The first-order chi connectivity index (χ1) is 9.27. The summed E-state index contributed by atoms with van der Waals surface area (Å²) < 4.78 is 0. The van der Waals surface area contributed by atoms with E-state index in [1.165, 1.54) is 5.56 Å². The van der Waals surface area contributed by atoms with Gasteiger partial charge in [0.05, 0.1) is 0 Å². The fraction of sp³-hybridized carbons (Fsp3) is 0.188. The summed E-state index contributed by atoms with van der Waals surface area (Å²) in [5.74, 6) is 0. The van der Waals surface area contributed by atoms with Gasteiger partial charge in [0.15, 0.2) is 5.11 Å². The smallest absolute Gasteiger partial charge is 0.173 e. The highest BCUT2D eigenvalue weighted by atomic mass is 32.1. The molecule has 0 heterocycles. The van der Waals surface area contributed by atoms with E-state index in [0.29, 0.717) is 0 Å². The Morgan fingerprint density at radius 1 is 1.00 bits per heavy atom. The van der Waals surface area contributed by atoms with Crippen molar-refractivity contribution in [1.82, 2.24) is 5.32 Å². The van der Waals surface area contributed by atoms with Crippen molar-refractivity contribution in [3.8, 4) is 0 Å². The average Bonchev–Trinajstić information content (AvgIpc) is 2.48. The van der Waals surface area contributed by atoms with E-state index >= 15 is 0 Å². The van der Waals surface area contributed by atoms with Crippen LogP contribution in [0.4, 0.5) is 5.69 Å². The van der Waals surface area contributed by atoms with Crippen LogP contribution in [0, 0.1) is 0 Å². The summed E-state index contributed by atoms with van der Waals surface area (Å²) >= 11 is 5.39. The zero-order chi connectivity index (χ0) is 13.5. The average molecular weight is 270 g/mol. The first kappa shape index (κ1) is 13.6.